The van der Waals surface area contributed by atoms with Crippen LogP contribution >= 0.6 is 0 Å². The molecule has 0 aliphatic carbocycles. The fourth-order valence-corrected chi connectivity index (χ4v) is 1.78. The first-order chi connectivity index (χ1) is 7.81. The third-order valence-electron chi connectivity index (χ3n) is 2.55. The van der Waals surface area contributed by atoms with E-state index in [4.69, 9.17) is 5.11 Å². The normalized spacial score (nSPS) is 10.6. The second-order valence-electron chi connectivity index (χ2n) is 3.89. The highest BCUT2D eigenvalue weighted by Gasteiger charge is 2.05. The van der Waals surface area contributed by atoms with Crippen LogP contribution in [-0.2, 0) is 6.54 Å². The van der Waals surface area contributed by atoms with Gasteiger partial charge in [-0.05, 0) is 19.4 Å². The van der Waals surface area contributed by atoms with Crippen LogP contribution in [-0.4, -0.2) is 21.3 Å². The monoisotopic (exact) mass is 216 g/mol. The first kappa shape index (κ1) is 10.9. The molecule has 2 aromatic rings. The lowest BCUT2D eigenvalue weighted by atomic mass is 10.1. The molecule has 3 nitrogen and oxygen atoms in total. The maximum absolute atomic E-state index is 8.84. The number of aryl methyl sites for hydroxylation is 2. The minimum absolute atomic E-state index is 0.214. The molecule has 0 fully saturated rings. The number of imidazole rings is 1. The van der Waals surface area contributed by atoms with Gasteiger partial charge in [-0.2, -0.15) is 0 Å². The summed E-state index contributed by atoms with van der Waals surface area (Å²) >= 11 is 0. The Hall–Kier alpha value is -1.61. The molecule has 0 saturated carbocycles. The van der Waals surface area contributed by atoms with Crippen LogP contribution in [0.2, 0.25) is 0 Å². The van der Waals surface area contributed by atoms with E-state index in [0.29, 0.717) is 0 Å². The summed E-state index contributed by atoms with van der Waals surface area (Å²) in [5, 5.41) is 8.84. The van der Waals surface area contributed by atoms with E-state index >= 15 is 0 Å². The Kier molecular flexibility index (Phi) is 3.37. The predicted molar refractivity (Wildman–Crippen MR) is 64.1 cm³/mol. The Bertz CT molecular complexity index is 462. The zero-order valence-corrected chi connectivity index (χ0v) is 9.43. The van der Waals surface area contributed by atoms with E-state index in [9.17, 15) is 0 Å². The van der Waals surface area contributed by atoms with Crippen molar-refractivity contribution in [1.82, 2.24) is 9.55 Å². The molecule has 16 heavy (non-hydrogen) atoms. The average Bonchev–Trinajstić information content (AvgIpc) is 2.74. The fourth-order valence-electron chi connectivity index (χ4n) is 1.78. The highest BCUT2D eigenvalue weighted by molar-refractivity contribution is 5.56. The molecule has 0 aliphatic rings. The lowest BCUT2D eigenvalue weighted by molar-refractivity contribution is 0.280. The Labute approximate surface area is 95.4 Å². The van der Waals surface area contributed by atoms with Gasteiger partial charge in [0.05, 0.1) is 0 Å². The van der Waals surface area contributed by atoms with Crippen LogP contribution in [0.5, 0.6) is 0 Å². The molecule has 84 valence electrons. The second kappa shape index (κ2) is 4.94. The highest BCUT2D eigenvalue weighted by Crippen LogP contribution is 2.18. The Morgan fingerprint density at radius 3 is 3.00 bits per heavy atom. The maximum Gasteiger partial charge on any atom is 0.139 e. The molecule has 0 unspecified atom stereocenters. The van der Waals surface area contributed by atoms with Crippen LogP contribution in [0.25, 0.3) is 11.4 Å². The molecule has 0 aliphatic heterocycles. The number of aliphatic hydroxyl groups is 1. The van der Waals surface area contributed by atoms with Gasteiger partial charge >= 0.3 is 0 Å². The number of rotatable bonds is 4. The minimum Gasteiger partial charge on any atom is -0.396 e. The molecule has 1 heterocycles. The number of benzene rings is 1. The SMILES string of the molecule is Cc1cccc(-c2nccn2CCCO)c1. The summed E-state index contributed by atoms with van der Waals surface area (Å²) in [7, 11) is 0. The van der Waals surface area contributed by atoms with Crippen molar-refractivity contribution in [2.24, 2.45) is 0 Å². The number of aliphatic hydroxyl groups excluding tert-OH is 1. The number of hydrogen-bond donors (Lipinski definition) is 1. The lowest BCUT2D eigenvalue weighted by Gasteiger charge is -2.07. The van der Waals surface area contributed by atoms with Crippen LogP contribution in [0.1, 0.15) is 12.0 Å². The van der Waals surface area contributed by atoms with E-state index in [1.165, 1.54) is 5.56 Å². The summed E-state index contributed by atoms with van der Waals surface area (Å²) in [5.41, 5.74) is 2.36. The molecule has 0 radical (unpaired) electrons. The predicted octanol–water partition coefficient (Wildman–Crippen LogP) is 2.24. The third kappa shape index (κ3) is 2.31. The van der Waals surface area contributed by atoms with E-state index in [-0.39, 0.29) is 6.61 Å². The largest absolute Gasteiger partial charge is 0.396 e. The molecule has 1 aromatic carbocycles. The van der Waals surface area contributed by atoms with Crippen molar-refractivity contribution >= 4 is 0 Å². The number of aromatic nitrogens is 2. The summed E-state index contributed by atoms with van der Waals surface area (Å²) in [5.74, 6) is 0.970. The molecule has 0 amide bonds. The third-order valence-corrected chi connectivity index (χ3v) is 2.55. The first-order valence-electron chi connectivity index (χ1n) is 5.50. The molecule has 0 spiro atoms. The van der Waals surface area contributed by atoms with Crippen LogP contribution in [0.4, 0.5) is 0 Å². The Morgan fingerprint density at radius 2 is 2.25 bits per heavy atom. The summed E-state index contributed by atoms with van der Waals surface area (Å²) in [6, 6.07) is 8.29. The van der Waals surface area contributed by atoms with E-state index < -0.39 is 0 Å². The van der Waals surface area contributed by atoms with Gasteiger partial charge in [-0.1, -0.05) is 23.8 Å². The Balaban J connectivity index is 2.29. The van der Waals surface area contributed by atoms with Gasteiger partial charge in [0.25, 0.3) is 0 Å². The standard InChI is InChI=1S/C13H16N2O/c1-11-4-2-5-12(10-11)13-14-6-8-15(13)7-3-9-16/h2,4-6,8,10,16H,3,7,9H2,1H3. The van der Waals surface area contributed by atoms with Crippen LogP contribution in [0.3, 0.4) is 0 Å². The molecule has 1 aromatic heterocycles. The van der Waals surface area contributed by atoms with Gasteiger partial charge in [0.15, 0.2) is 0 Å². The smallest absolute Gasteiger partial charge is 0.139 e. The summed E-state index contributed by atoms with van der Waals surface area (Å²) in [6.07, 6.45) is 4.51. The first-order valence-corrected chi connectivity index (χ1v) is 5.50. The minimum atomic E-state index is 0.214. The molecular formula is C13H16N2O. The van der Waals surface area contributed by atoms with E-state index in [1.807, 2.05) is 12.3 Å². The second-order valence-corrected chi connectivity index (χ2v) is 3.89. The van der Waals surface area contributed by atoms with Crippen molar-refractivity contribution in [3.63, 3.8) is 0 Å². The average molecular weight is 216 g/mol. The molecule has 0 atom stereocenters. The van der Waals surface area contributed by atoms with Gasteiger partial charge in [0.2, 0.25) is 0 Å². The molecule has 3 heteroatoms. The van der Waals surface area contributed by atoms with Gasteiger partial charge in [0, 0.05) is 31.1 Å². The maximum atomic E-state index is 8.84. The number of nitrogens with zero attached hydrogens (tertiary/aromatic N) is 2. The van der Waals surface area contributed by atoms with E-state index in [2.05, 4.69) is 34.7 Å². The van der Waals surface area contributed by atoms with Crippen LogP contribution in [0.15, 0.2) is 36.7 Å². The molecule has 1 N–H and O–H groups in total. The number of hydrogen-bond acceptors (Lipinski definition) is 2. The summed E-state index contributed by atoms with van der Waals surface area (Å²) in [6.45, 7) is 3.09. The molecule has 0 bridgehead atoms. The van der Waals surface area contributed by atoms with Crippen molar-refractivity contribution < 1.29 is 5.11 Å². The van der Waals surface area contributed by atoms with Crippen molar-refractivity contribution in [2.45, 2.75) is 19.9 Å². The van der Waals surface area contributed by atoms with Crippen LogP contribution in [0, 0.1) is 6.92 Å². The van der Waals surface area contributed by atoms with Gasteiger partial charge in [-0.3, -0.25) is 0 Å². The van der Waals surface area contributed by atoms with Crippen molar-refractivity contribution in [3.05, 3.63) is 42.2 Å². The highest BCUT2D eigenvalue weighted by atomic mass is 16.3. The van der Waals surface area contributed by atoms with Gasteiger partial charge in [-0.15, -0.1) is 0 Å². The van der Waals surface area contributed by atoms with Gasteiger partial charge in [-0.25, -0.2) is 4.98 Å². The Morgan fingerprint density at radius 1 is 1.38 bits per heavy atom. The molecular weight excluding hydrogens is 200 g/mol. The summed E-state index contributed by atoms with van der Waals surface area (Å²) in [4.78, 5) is 4.36. The zero-order chi connectivity index (χ0) is 11.4. The van der Waals surface area contributed by atoms with Crippen LogP contribution < -0.4 is 0 Å². The van der Waals surface area contributed by atoms with Crippen molar-refractivity contribution in [3.8, 4) is 11.4 Å². The molecule has 2 rings (SSSR count). The van der Waals surface area contributed by atoms with Gasteiger partial charge < -0.3 is 9.67 Å². The van der Waals surface area contributed by atoms with Gasteiger partial charge in [0.1, 0.15) is 5.82 Å². The quantitative estimate of drug-likeness (QED) is 0.851. The fraction of sp³-hybridized carbons (Fsp3) is 0.308. The molecule has 0 saturated heterocycles. The van der Waals surface area contributed by atoms with Crippen molar-refractivity contribution in [1.29, 1.82) is 0 Å². The van der Waals surface area contributed by atoms with Crippen molar-refractivity contribution in [2.75, 3.05) is 6.61 Å². The zero-order valence-electron chi connectivity index (χ0n) is 9.43. The van der Waals surface area contributed by atoms with E-state index in [1.54, 1.807) is 6.20 Å². The topological polar surface area (TPSA) is 38.0 Å². The lowest BCUT2D eigenvalue weighted by Crippen LogP contribution is -2.01. The van der Waals surface area contributed by atoms with E-state index in [0.717, 1.165) is 24.4 Å². The summed E-state index contributed by atoms with van der Waals surface area (Å²) < 4.78 is 2.07.